The minimum atomic E-state index is -1.65. The molecule has 0 spiro atoms. The molecule has 0 radical (unpaired) electrons. The summed E-state index contributed by atoms with van der Waals surface area (Å²) in [5.41, 5.74) is -2.16. The van der Waals surface area contributed by atoms with Crippen LogP contribution in [-0.2, 0) is 0 Å². The van der Waals surface area contributed by atoms with Crippen molar-refractivity contribution in [1.82, 2.24) is 10.2 Å². The van der Waals surface area contributed by atoms with Gasteiger partial charge in [0.2, 0.25) is 5.82 Å². The molecule has 1 aromatic carbocycles. The Morgan fingerprint density at radius 3 is 2.24 bits per heavy atom. The number of rotatable bonds is 1. The van der Waals surface area contributed by atoms with Crippen LogP contribution in [0.1, 0.15) is 0 Å². The normalized spacial score (nSPS) is 11.9. The van der Waals surface area contributed by atoms with E-state index in [1.54, 1.807) is 0 Å². The summed E-state index contributed by atoms with van der Waals surface area (Å²) in [5, 5.41) is 41.1. The maximum atomic E-state index is 13.6. The number of nitrogens with one attached hydrogen (secondary N) is 2. The van der Waals surface area contributed by atoms with Gasteiger partial charge in [-0.2, -0.15) is 4.39 Å². The molecule has 2 aromatic rings. The molecule has 1 aromatic heterocycles. The Kier molecular flexibility index (Phi) is 2.51. The number of hydrogen-bond donors (Lipinski definition) is 4. The summed E-state index contributed by atoms with van der Waals surface area (Å²) in [6, 6.07) is 0.671. The summed E-state index contributed by atoms with van der Waals surface area (Å²) in [7, 11) is 0. The molecule has 2 heterocycles. The fourth-order valence-electron chi connectivity index (χ4n) is 1.92. The Morgan fingerprint density at radius 1 is 1.10 bits per heavy atom. The first-order valence-corrected chi connectivity index (χ1v) is 5.39. The average molecular weight is 297 g/mol. The van der Waals surface area contributed by atoms with Gasteiger partial charge in [-0.3, -0.25) is 10.1 Å². The number of anilines is 4. The molecule has 0 saturated carbocycles. The largest absolute Gasteiger partial charge is 0.491 e. The summed E-state index contributed by atoms with van der Waals surface area (Å²) in [6.45, 7) is 0. The van der Waals surface area contributed by atoms with E-state index in [4.69, 9.17) is 0 Å². The maximum absolute atomic E-state index is 13.6. The second kappa shape index (κ2) is 4.13. The number of benzene rings is 1. The van der Waals surface area contributed by atoms with Crippen molar-refractivity contribution in [2.75, 3.05) is 10.6 Å². The van der Waals surface area contributed by atoms with Crippen LogP contribution in [0.3, 0.4) is 0 Å². The summed E-state index contributed by atoms with van der Waals surface area (Å²) >= 11 is 0. The van der Waals surface area contributed by atoms with Crippen molar-refractivity contribution < 1.29 is 23.9 Å². The number of fused-ring (bicyclic) bond motifs is 2. The standard InChI is InChI=1S/C10H5F2N5O4/c11-2-1-3-5(8(4(2)12)17(20)21)14-7-6(13-3)9(18)15-16-10(7)19/h1,13-14H,(H,15,18)(H,16,19). The van der Waals surface area contributed by atoms with Crippen LogP contribution >= 0.6 is 0 Å². The van der Waals surface area contributed by atoms with E-state index in [2.05, 4.69) is 20.8 Å². The highest BCUT2D eigenvalue weighted by Crippen LogP contribution is 2.49. The first-order chi connectivity index (χ1) is 9.90. The van der Waals surface area contributed by atoms with Gasteiger partial charge in [0, 0.05) is 6.07 Å². The Balaban J connectivity index is 2.27. The lowest BCUT2D eigenvalue weighted by Gasteiger charge is -2.22. The van der Waals surface area contributed by atoms with E-state index in [1.165, 1.54) is 0 Å². The van der Waals surface area contributed by atoms with Crippen molar-refractivity contribution in [1.29, 1.82) is 0 Å². The topological polar surface area (TPSA) is 133 Å². The molecule has 0 aliphatic carbocycles. The molecule has 0 atom stereocenters. The fraction of sp³-hybridized carbons (Fsp3) is 0. The molecule has 0 bridgehead atoms. The van der Waals surface area contributed by atoms with Crippen LogP contribution in [0.15, 0.2) is 6.07 Å². The van der Waals surface area contributed by atoms with Gasteiger partial charge < -0.3 is 20.8 Å². The van der Waals surface area contributed by atoms with Crippen molar-refractivity contribution >= 4 is 28.4 Å². The second-order valence-corrected chi connectivity index (χ2v) is 4.05. The van der Waals surface area contributed by atoms with E-state index < -0.39 is 39.7 Å². The molecule has 108 valence electrons. The molecule has 1 aliphatic rings. The lowest BCUT2D eigenvalue weighted by molar-refractivity contribution is -0.386. The molecule has 0 fully saturated rings. The monoisotopic (exact) mass is 297 g/mol. The average Bonchev–Trinajstić information content (AvgIpc) is 2.43. The number of nitro benzene ring substituents is 1. The van der Waals surface area contributed by atoms with Crippen LogP contribution in [-0.4, -0.2) is 25.3 Å². The molecule has 0 unspecified atom stereocenters. The number of halogens is 2. The van der Waals surface area contributed by atoms with Crippen LogP contribution in [0.4, 0.5) is 37.2 Å². The molecule has 0 amide bonds. The van der Waals surface area contributed by atoms with Gasteiger partial charge in [0.25, 0.3) is 11.8 Å². The summed E-state index contributed by atoms with van der Waals surface area (Å²) in [4.78, 5) is 9.79. The third kappa shape index (κ3) is 1.74. The first-order valence-electron chi connectivity index (χ1n) is 5.39. The van der Waals surface area contributed by atoms with Crippen molar-refractivity contribution in [2.24, 2.45) is 0 Å². The van der Waals surface area contributed by atoms with E-state index in [0.717, 1.165) is 0 Å². The van der Waals surface area contributed by atoms with Gasteiger partial charge in [-0.05, 0) is 0 Å². The molecule has 11 heteroatoms. The number of nitro groups is 1. The van der Waals surface area contributed by atoms with E-state index in [0.29, 0.717) is 6.07 Å². The van der Waals surface area contributed by atoms with Crippen molar-refractivity contribution in [3.8, 4) is 11.8 Å². The maximum Gasteiger partial charge on any atom is 0.333 e. The molecule has 9 nitrogen and oxygen atoms in total. The SMILES string of the molecule is O=[N+]([O-])c1c(F)c(F)cc2c1Nc1c(O)nnc(O)c1N2. The zero-order valence-electron chi connectivity index (χ0n) is 9.89. The van der Waals surface area contributed by atoms with Crippen LogP contribution in [0.25, 0.3) is 0 Å². The van der Waals surface area contributed by atoms with Gasteiger partial charge >= 0.3 is 5.69 Å². The van der Waals surface area contributed by atoms with Gasteiger partial charge in [0.05, 0.1) is 10.6 Å². The molecular weight excluding hydrogens is 292 g/mol. The van der Waals surface area contributed by atoms with Crippen LogP contribution in [0.2, 0.25) is 0 Å². The molecule has 1 aliphatic heterocycles. The van der Waals surface area contributed by atoms with Crippen LogP contribution in [0, 0.1) is 21.7 Å². The molecule has 3 rings (SSSR count). The highest BCUT2D eigenvalue weighted by atomic mass is 19.2. The number of aromatic nitrogens is 2. The Bertz CT molecular complexity index is 798. The molecule has 21 heavy (non-hydrogen) atoms. The van der Waals surface area contributed by atoms with Crippen LogP contribution < -0.4 is 10.6 Å². The van der Waals surface area contributed by atoms with E-state index in [1.807, 2.05) is 0 Å². The van der Waals surface area contributed by atoms with Crippen molar-refractivity contribution in [3.05, 3.63) is 27.8 Å². The Hall–Kier alpha value is -3.24. The van der Waals surface area contributed by atoms with E-state index in [9.17, 15) is 29.1 Å². The lowest BCUT2D eigenvalue weighted by Crippen LogP contribution is -2.12. The smallest absolute Gasteiger partial charge is 0.333 e. The molecule has 4 N–H and O–H groups in total. The van der Waals surface area contributed by atoms with Gasteiger partial charge in [-0.1, -0.05) is 0 Å². The summed E-state index contributed by atoms with van der Waals surface area (Å²) < 4.78 is 27.0. The molecule has 0 saturated heterocycles. The summed E-state index contributed by atoms with van der Waals surface area (Å²) in [6.07, 6.45) is 0. The Labute approximate surface area is 114 Å². The summed E-state index contributed by atoms with van der Waals surface area (Å²) in [5.74, 6) is -4.40. The third-order valence-electron chi connectivity index (χ3n) is 2.82. The zero-order chi connectivity index (χ0) is 15.3. The number of aromatic hydroxyl groups is 2. The lowest BCUT2D eigenvalue weighted by atomic mass is 10.1. The zero-order valence-corrected chi connectivity index (χ0v) is 9.89. The van der Waals surface area contributed by atoms with Gasteiger partial charge in [0.1, 0.15) is 17.1 Å². The minimum absolute atomic E-state index is 0.171. The van der Waals surface area contributed by atoms with Gasteiger partial charge in [-0.15, -0.1) is 10.2 Å². The predicted octanol–water partition coefficient (Wildman–Crippen LogP) is 1.87. The second-order valence-electron chi connectivity index (χ2n) is 4.05. The highest BCUT2D eigenvalue weighted by molar-refractivity contribution is 5.97. The quantitative estimate of drug-likeness (QED) is 0.395. The van der Waals surface area contributed by atoms with E-state index >= 15 is 0 Å². The fourth-order valence-corrected chi connectivity index (χ4v) is 1.92. The van der Waals surface area contributed by atoms with Crippen molar-refractivity contribution in [2.45, 2.75) is 0 Å². The van der Waals surface area contributed by atoms with Gasteiger partial charge in [-0.25, -0.2) is 4.39 Å². The minimum Gasteiger partial charge on any atom is -0.491 e. The number of hydrogen-bond acceptors (Lipinski definition) is 8. The van der Waals surface area contributed by atoms with Crippen LogP contribution in [0.5, 0.6) is 11.8 Å². The highest BCUT2D eigenvalue weighted by Gasteiger charge is 2.33. The van der Waals surface area contributed by atoms with Gasteiger partial charge in [0.15, 0.2) is 5.82 Å². The predicted molar refractivity (Wildman–Crippen MR) is 64.9 cm³/mol. The number of nitrogens with zero attached hydrogens (tertiary/aromatic N) is 3. The Morgan fingerprint density at radius 2 is 1.67 bits per heavy atom. The van der Waals surface area contributed by atoms with E-state index in [-0.39, 0.29) is 17.1 Å². The first kappa shape index (κ1) is 12.8. The third-order valence-corrected chi connectivity index (χ3v) is 2.82. The van der Waals surface area contributed by atoms with Crippen molar-refractivity contribution in [3.63, 3.8) is 0 Å². The molecular formula is C10H5F2N5O4.